The number of nitrogens with zero attached hydrogens (tertiary/aromatic N) is 2. The molecule has 0 unspecified atom stereocenters. The minimum absolute atomic E-state index is 0.487. The molecule has 0 fully saturated rings. The molecule has 186 valence electrons. The fourth-order valence-corrected chi connectivity index (χ4v) is 6.86. The fraction of sp³-hybridized carbons (Fsp3) is 0.700. The van der Waals surface area contributed by atoms with Crippen molar-refractivity contribution in [3.05, 3.63) is 33.8 Å². The smallest absolute Gasteiger partial charge is 0.0762 e. The highest BCUT2D eigenvalue weighted by atomic mass is 31.1. The normalized spacial score (nSPS) is 12.9. The first kappa shape index (κ1) is 28.0. The summed E-state index contributed by atoms with van der Waals surface area (Å²) in [7, 11) is 1.38. The summed E-state index contributed by atoms with van der Waals surface area (Å²) in [5.41, 5.74) is 7.55. The summed E-state index contributed by atoms with van der Waals surface area (Å²) < 4.78 is 0. The van der Waals surface area contributed by atoms with Gasteiger partial charge in [-0.05, 0) is 89.8 Å². The number of rotatable bonds is 10. The van der Waals surface area contributed by atoms with Crippen molar-refractivity contribution in [2.75, 3.05) is 9.80 Å². The van der Waals surface area contributed by atoms with E-state index in [1.165, 1.54) is 36.3 Å². The first-order valence-corrected chi connectivity index (χ1v) is 14.2. The quantitative estimate of drug-likeness (QED) is 0.320. The highest BCUT2D eigenvalue weighted by Gasteiger charge is 2.34. The Bertz CT molecular complexity index is 857. The molecule has 0 radical (unpaired) electrons. The van der Waals surface area contributed by atoms with Gasteiger partial charge in [-0.25, -0.2) is 0 Å². The van der Waals surface area contributed by atoms with Crippen molar-refractivity contribution >= 4 is 24.9 Å². The van der Waals surface area contributed by atoms with Crippen LogP contribution in [0.4, 0.5) is 11.4 Å². The average Bonchev–Trinajstić information content (AvgIpc) is 3.31. The van der Waals surface area contributed by atoms with Crippen LogP contribution in [-0.4, -0.2) is 24.2 Å². The molecule has 0 saturated carbocycles. The lowest BCUT2D eigenvalue weighted by atomic mass is 9.89. The maximum Gasteiger partial charge on any atom is 0.0762 e. The second-order valence-electron chi connectivity index (χ2n) is 11.9. The average molecular weight is 471 g/mol. The van der Waals surface area contributed by atoms with Gasteiger partial charge in [0.2, 0.25) is 0 Å². The molecule has 0 aromatic heterocycles. The molecule has 2 aromatic carbocycles. The van der Waals surface area contributed by atoms with Gasteiger partial charge in [0.1, 0.15) is 0 Å². The monoisotopic (exact) mass is 470 g/mol. The van der Waals surface area contributed by atoms with Gasteiger partial charge in [-0.3, -0.25) is 0 Å². The molecule has 2 rings (SSSR count). The molecular formula is C30H51N2P. The summed E-state index contributed by atoms with van der Waals surface area (Å²) in [6.07, 6.45) is 0. The van der Waals surface area contributed by atoms with Crippen LogP contribution in [0.2, 0.25) is 0 Å². The van der Waals surface area contributed by atoms with E-state index in [1.54, 1.807) is 10.2 Å². The van der Waals surface area contributed by atoms with Crippen LogP contribution in [0.15, 0.2) is 12.1 Å². The molecule has 0 heterocycles. The summed E-state index contributed by atoms with van der Waals surface area (Å²) >= 11 is 0. The minimum Gasteiger partial charge on any atom is -0.364 e. The molecule has 0 amide bonds. The van der Waals surface area contributed by atoms with E-state index in [4.69, 9.17) is 0 Å². The van der Waals surface area contributed by atoms with Crippen molar-refractivity contribution in [1.29, 1.82) is 0 Å². The number of benzene rings is 1. The topological polar surface area (TPSA) is 6.48 Å². The van der Waals surface area contributed by atoms with Gasteiger partial charge in [-0.1, -0.05) is 61.9 Å². The van der Waals surface area contributed by atoms with Crippen LogP contribution in [0.3, 0.4) is 0 Å². The van der Waals surface area contributed by atoms with Gasteiger partial charge in [-0.2, -0.15) is 0 Å². The third-order valence-electron chi connectivity index (χ3n) is 6.68. The number of hydrogen-bond donors (Lipinski definition) is 0. The standard InChI is InChI=1S/C30H51N2P/c1-17(2)24-15-25(18(3)4)29(26(16-24)19(5)6)33-30-27(31(20(7)8)21(9)10)28(30)32(22(11)12)23(13)14/h15-23H,1-14H3. The van der Waals surface area contributed by atoms with Crippen LogP contribution < -0.4 is 15.1 Å². The summed E-state index contributed by atoms with van der Waals surface area (Å²) in [5.74, 6) is 1.60. The van der Waals surface area contributed by atoms with Crippen molar-refractivity contribution in [1.82, 2.24) is 0 Å². The third kappa shape index (κ3) is 6.05. The van der Waals surface area contributed by atoms with Crippen LogP contribution >= 0.6 is 8.20 Å². The Morgan fingerprint density at radius 3 is 1.09 bits per heavy atom. The fourth-order valence-electron chi connectivity index (χ4n) is 5.14. The van der Waals surface area contributed by atoms with Gasteiger partial charge in [0.05, 0.1) is 16.3 Å². The lowest BCUT2D eigenvalue weighted by Gasteiger charge is -2.33. The second-order valence-corrected chi connectivity index (χ2v) is 13.0. The van der Waals surface area contributed by atoms with E-state index >= 15 is 0 Å². The SMILES string of the molecule is CC(C)c1cc(C(C)C)c(P=c2c(N(C(C)C)C(C)C)c2N(C(C)C)C(C)C)c(C(C)C)c1. The van der Waals surface area contributed by atoms with Crippen molar-refractivity contribution in [2.45, 2.75) is 139 Å². The van der Waals surface area contributed by atoms with E-state index in [-0.39, 0.29) is 0 Å². The molecule has 33 heavy (non-hydrogen) atoms. The van der Waals surface area contributed by atoms with Gasteiger partial charge in [-0.15, -0.1) is 0 Å². The largest absolute Gasteiger partial charge is 0.364 e. The Labute approximate surface area is 207 Å². The first-order chi connectivity index (χ1) is 15.2. The molecule has 0 aliphatic heterocycles. The Morgan fingerprint density at radius 1 is 0.515 bits per heavy atom. The van der Waals surface area contributed by atoms with E-state index in [9.17, 15) is 0 Å². The zero-order chi connectivity index (χ0) is 25.4. The van der Waals surface area contributed by atoms with Crippen molar-refractivity contribution in [2.24, 2.45) is 0 Å². The molecule has 0 bridgehead atoms. The Balaban J connectivity index is 2.89. The van der Waals surface area contributed by atoms with E-state index in [1.807, 2.05) is 0 Å². The van der Waals surface area contributed by atoms with Crippen LogP contribution in [0.5, 0.6) is 0 Å². The van der Waals surface area contributed by atoms with Crippen molar-refractivity contribution in [3.63, 3.8) is 0 Å². The molecule has 0 saturated heterocycles. The number of anilines is 2. The van der Waals surface area contributed by atoms with E-state index in [0.717, 1.165) is 0 Å². The molecule has 0 aliphatic rings. The van der Waals surface area contributed by atoms with Gasteiger partial charge in [0.15, 0.2) is 0 Å². The van der Waals surface area contributed by atoms with Gasteiger partial charge in [0.25, 0.3) is 0 Å². The highest BCUT2D eigenvalue weighted by molar-refractivity contribution is 7.40. The van der Waals surface area contributed by atoms with Crippen LogP contribution in [0.1, 0.15) is 131 Å². The number of hydrogen-bond acceptors (Lipinski definition) is 2. The summed E-state index contributed by atoms with van der Waals surface area (Å²) in [6.45, 7) is 32.8. The predicted molar refractivity (Wildman–Crippen MR) is 153 cm³/mol. The maximum absolute atomic E-state index is 2.64. The second kappa shape index (κ2) is 11.0. The molecule has 3 heteroatoms. The minimum atomic E-state index is 0.487. The Morgan fingerprint density at radius 2 is 0.848 bits per heavy atom. The Hall–Kier alpha value is -1.27. The molecule has 0 spiro atoms. The maximum atomic E-state index is 2.64. The van der Waals surface area contributed by atoms with E-state index < -0.39 is 0 Å². The van der Waals surface area contributed by atoms with Gasteiger partial charge >= 0.3 is 0 Å². The molecule has 0 atom stereocenters. The van der Waals surface area contributed by atoms with Crippen LogP contribution in [0.25, 0.3) is 0 Å². The summed E-state index contributed by atoms with van der Waals surface area (Å²) in [4.78, 5) is 6.82. The zero-order valence-corrected chi connectivity index (χ0v) is 24.9. The van der Waals surface area contributed by atoms with Crippen LogP contribution in [-0.2, 0) is 0 Å². The van der Waals surface area contributed by atoms with E-state index in [2.05, 4.69) is 119 Å². The Kier molecular flexibility index (Phi) is 9.31. The summed E-state index contributed by atoms with van der Waals surface area (Å²) in [5, 5.41) is 1.55. The van der Waals surface area contributed by atoms with Gasteiger partial charge < -0.3 is 9.80 Å². The summed E-state index contributed by atoms with van der Waals surface area (Å²) in [6, 6.07) is 6.94. The zero-order valence-electron chi connectivity index (χ0n) is 24.0. The van der Waals surface area contributed by atoms with Crippen molar-refractivity contribution < 1.29 is 0 Å². The van der Waals surface area contributed by atoms with Crippen molar-refractivity contribution in [3.8, 4) is 0 Å². The molecule has 0 N–H and O–H groups in total. The first-order valence-electron chi connectivity index (χ1n) is 13.3. The lowest BCUT2D eigenvalue weighted by Crippen LogP contribution is -2.38. The van der Waals surface area contributed by atoms with Crippen LogP contribution in [0, 0.1) is 4.94 Å². The predicted octanol–water partition coefficient (Wildman–Crippen LogP) is 8.98. The van der Waals surface area contributed by atoms with E-state index in [0.29, 0.717) is 41.9 Å². The molecule has 0 aliphatic carbocycles. The highest BCUT2D eigenvalue weighted by Crippen LogP contribution is 2.51. The lowest BCUT2D eigenvalue weighted by molar-refractivity contribution is 0.598. The van der Waals surface area contributed by atoms with Gasteiger partial charge in [0, 0.05) is 29.5 Å². The molecule has 2 aromatic rings. The molecular weight excluding hydrogens is 419 g/mol. The third-order valence-corrected chi connectivity index (χ3v) is 8.06. The molecule has 2 nitrogen and oxygen atoms in total.